The highest BCUT2D eigenvalue weighted by molar-refractivity contribution is 5.87. The van der Waals surface area contributed by atoms with Gasteiger partial charge in [0.2, 0.25) is 0 Å². The van der Waals surface area contributed by atoms with Crippen LogP contribution in [0.4, 0.5) is 0 Å². The van der Waals surface area contributed by atoms with Crippen molar-refractivity contribution in [3.8, 4) is 0 Å². The van der Waals surface area contributed by atoms with E-state index in [1.165, 1.54) is 56.9 Å². The van der Waals surface area contributed by atoms with E-state index in [-0.39, 0.29) is 22.9 Å². The van der Waals surface area contributed by atoms with E-state index >= 15 is 0 Å². The lowest BCUT2D eigenvalue weighted by Gasteiger charge is -2.62. The highest BCUT2D eigenvalue weighted by Gasteiger charge is 2.63. The van der Waals surface area contributed by atoms with Crippen molar-refractivity contribution < 1.29 is 9.53 Å². The Balaban J connectivity index is 1.33. The van der Waals surface area contributed by atoms with E-state index < -0.39 is 0 Å². The van der Waals surface area contributed by atoms with E-state index in [2.05, 4.69) is 62.0 Å². The largest absolute Gasteiger partial charge is 0.459 e. The van der Waals surface area contributed by atoms with Gasteiger partial charge < -0.3 is 4.74 Å². The summed E-state index contributed by atoms with van der Waals surface area (Å²) in [4.78, 5) is 12.9. The predicted molar refractivity (Wildman–Crippen MR) is 177 cm³/mol. The molecule has 0 unspecified atom stereocenters. The minimum Gasteiger partial charge on any atom is -0.459 e. The zero-order valence-electron chi connectivity index (χ0n) is 28.0. The summed E-state index contributed by atoms with van der Waals surface area (Å²) >= 11 is 0. The Morgan fingerprint density at radius 1 is 0.952 bits per heavy atom. The van der Waals surface area contributed by atoms with Gasteiger partial charge in [-0.05, 0) is 116 Å². The summed E-state index contributed by atoms with van der Waals surface area (Å²) in [7, 11) is 0. The molecule has 0 aromatic heterocycles. The monoisotopic (exact) mass is 570 g/mol. The summed E-state index contributed by atoms with van der Waals surface area (Å²) in [6.45, 7) is 24.2. The molecule has 42 heavy (non-hydrogen) atoms. The summed E-state index contributed by atoms with van der Waals surface area (Å²) in [5.41, 5.74) is 6.97. The molecule has 1 aromatic carbocycles. The molecule has 0 bridgehead atoms. The third-order valence-corrected chi connectivity index (χ3v) is 13.6. The second-order valence-electron chi connectivity index (χ2n) is 16.2. The zero-order valence-corrected chi connectivity index (χ0v) is 28.0. The van der Waals surface area contributed by atoms with Crippen LogP contribution in [-0.2, 0) is 9.53 Å². The van der Waals surface area contributed by atoms with Gasteiger partial charge in [0.05, 0.1) is 0 Å². The summed E-state index contributed by atoms with van der Waals surface area (Å²) in [5, 5.41) is 0. The average Bonchev–Trinajstić information content (AvgIpc) is 3.23. The van der Waals surface area contributed by atoms with Crippen LogP contribution in [0.5, 0.6) is 0 Å². The van der Waals surface area contributed by atoms with Gasteiger partial charge in [-0.1, -0.05) is 109 Å². The van der Waals surface area contributed by atoms with Crippen molar-refractivity contribution >= 4 is 12.0 Å². The van der Waals surface area contributed by atoms with Gasteiger partial charge in [0.25, 0.3) is 0 Å². The molecule has 2 nitrogen and oxygen atoms in total. The first-order valence-corrected chi connectivity index (χ1v) is 17.1. The van der Waals surface area contributed by atoms with Gasteiger partial charge >= 0.3 is 5.97 Å². The van der Waals surface area contributed by atoms with Crippen LogP contribution in [0.3, 0.4) is 0 Å². The molecule has 4 aliphatic carbocycles. The number of hydrogen-bond donors (Lipinski definition) is 0. The van der Waals surface area contributed by atoms with E-state index in [0.29, 0.717) is 22.7 Å². The van der Waals surface area contributed by atoms with Gasteiger partial charge in [0.1, 0.15) is 6.10 Å². The molecule has 2 heteroatoms. The molecule has 230 valence electrons. The van der Waals surface area contributed by atoms with Crippen LogP contribution in [0.25, 0.3) is 6.08 Å². The molecular weight excluding hydrogens is 512 g/mol. The summed E-state index contributed by atoms with van der Waals surface area (Å²) in [6.07, 6.45) is 15.8. The van der Waals surface area contributed by atoms with Crippen molar-refractivity contribution in [1.29, 1.82) is 0 Å². The zero-order chi connectivity index (χ0) is 30.5. The fraction of sp³-hybridized carbons (Fsp3) is 0.675. The number of carbonyl (C=O) groups excluding carboxylic acids is 1. The third kappa shape index (κ3) is 5.17. The maximum atomic E-state index is 12.9. The van der Waals surface area contributed by atoms with E-state index in [9.17, 15) is 4.79 Å². The molecule has 0 amide bonds. The molecule has 2 saturated carbocycles. The van der Waals surface area contributed by atoms with Gasteiger partial charge in [0.15, 0.2) is 0 Å². The lowest BCUT2D eigenvalue weighted by Crippen LogP contribution is -2.55. The number of carbonyl (C=O) groups is 1. The van der Waals surface area contributed by atoms with E-state index in [4.69, 9.17) is 4.74 Å². The molecule has 0 heterocycles. The second-order valence-corrected chi connectivity index (χ2v) is 16.2. The second kappa shape index (κ2) is 11.4. The number of benzene rings is 1. The Kier molecular flexibility index (Phi) is 8.54. The highest BCUT2D eigenvalue weighted by Crippen LogP contribution is 2.72. The fourth-order valence-electron chi connectivity index (χ4n) is 10.6. The topological polar surface area (TPSA) is 26.3 Å². The lowest BCUT2D eigenvalue weighted by molar-refractivity contribution is -0.164. The number of allylic oxidation sites excluding steroid dienone is 3. The Bertz CT molecular complexity index is 1230. The number of esters is 1. The quantitative estimate of drug-likeness (QED) is 0.176. The van der Waals surface area contributed by atoms with Gasteiger partial charge in [-0.3, -0.25) is 0 Å². The fourth-order valence-corrected chi connectivity index (χ4v) is 10.6. The molecule has 0 radical (unpaired) electrons. The van der Waals surface area contributed by atoms with Crippen LogP contribution in [0, 0.1) is 45.3 Å². The standard InChI is InChI=1S/C40H58O2/c1-27(2)28(3)15-16-29(4)31-21-25-40(9)33-18-19-34-37(5,6)35(42-36(41)20-17-30-13-11-10-12-14-30)23-24-38(34,7)32(33)22-26-39(31,40)8/h10-14,17,20,27,29,31,34-35H,3,15-16,18-19,21-26H2,1-2,4-9H3/b20-17+/t29-,31+,34-,35-,38+,39-,40+/m0/s1. The van der Waals surface area contributed by atoms with Crippen LogP contribution >= 0.6 is 0 Å². The molecule has 0 N–H and O–H groups in total. The van der Waals surface area contributed by atoms with Crippen molar-refractivity contribution in [2.75, 3.05) is 0 Å². The first-order valence-electron chi connectivity index (χ1n) is 17.1. The minimum atomic E-state index is -0.208. The van der Waals surface area contributed by atoms with Crippen molar-refractivity contribution in [3.05, 3.63) is 65.3 Å². The molecule has 0 saturated heterocycles. The lowest BCUT2D eigenvalue weighted by atomic mass is 9.43. The molecule has 4 aliphatic rings. The maximum absolute atomic E-state index is 12.9. The number of ether oxygens (including phenoxy) is 1. The average molecular weight is 571 g/mol. The highest BCUT2D eigenvalue weighted by atomic mass is 16.5. The van der Waals surface area contributed by atoms with Crippen LogP contribution in [0.15, 0.2) is 59.7 Å². The molecule has 0 aliphatic heterocycles. The normalized spacial score (nSPS) is 36.4. The molecule has 7 atom stereocenters. The Hall–Kier alpha value is -2.09. The Morgan fingerprint density at radius 2 is 1.67 bits per heavy atom. The van der Waals surface area contributed by atoms with Crippen molar-refractivity contribution in [3.63, 3.8) is 0 Å². The number of hydrogen-bond acceptors (Lipinski definition) is 2. The third-order valence-electron chi connectivity index (χ3n) is 13.6. The Labute approximate surface area is 257 Å². The smallest absolute Gasteiger partial charge is 0.331 e. The van der Waals surface area contributed by atoms with Crippen molar-refractivity contribution in [1.82, 2.24) is 0 Å². The van der Waals surface area contributed by atoms with Crippen molar-refractivity contribution in [2.24, 2.45) is 45.3 Å². The summed E-state index contributed by atoms with van der Waals surface area (Å²) < 4.78 is 6.21. The molecule has 2 fully saturated rings. The first kappa shape index (κ1) is 31.3. The first-order chi connectivity index (χ1) is 19.7. The van der Waals surface area contributed by atoms with Gasteiger partial charge in [-0.25, -0.2) is 4.79 Å². The number of rotatable bonds is 8. The van der Waals surface area contributed by atoms with Crippen LogP contribution < -0.4 is 0 Å². The van der Waals surface area contributed by atoms with Gasteiger partial charge in [-0.15, -0.1) is 0 Å². The molecule has 5 rings (SSSR count). The van der Waals surface area contributed by atoms with E-state index in [1.54, 1.807) is 6.08 Å². The van der Waals surface area contributed by atoms with Crippen LogP contribution in [0.1, 0.15) is 125 Å². The molecule has 0 spiro atoms. The predicted octanol–water partition coefficient (Wildman–Crippen LogP) is 11.0. The number of fused-ring (bicyclic) bond motifs is 4. The van der Waals surface area contributed by atoms with Crippen molar-refractivity contribution in [2.45, 2.75) is 126 Å². The van der Waals surface area contributed by atoms with E-state index in [1.807, 2.05) is 47.6 Å². The maximum Gasteiger partial charge on any atom is 0.331 e. The van der Waals surface area contributed by atoms with Gasteiger partial charge in [0, 0.05) is 11.5 Å². The SMILES string of the molecule is C=C(CC[C@H](C)[C@H]1CC[C@]2(C)C3=C(CC[C@@]12C)[C@@]1(C)CC[C@H](OC(=O)/C=C/c2ccccc2)C(C)(C)[C@@H]1CC3)C(C)C. The van der Waals surface area contributed by atoms with Gasteiger partial charge in [-0.2, -0.15) is 0 Å². The molecule has 1 aromatic rings. The van der Waals surface area contributed by atoms with Crippen LogP contribution in [-0.4, -0.2) is 12.1 Å². The van der Waals surface area contributed by atoms with Crippen LogP contribution in [0.2, 0.25) is 0 Å². The summed E-state index contributed by atoms with van der Waals surface area (Å²) in [6, 6.07) is 10.0. The molecular formula is C40H58O2. The Morgan fingerprint density at radius 3 is 2.36 bits per heavy atom. The van der Waals surface area contributed by atoms with E-state index in [0.717, 1.165) is 30.2 Å². The minimum absolute atomic E-state index is 0.0348. The summed E-state index contributed by atoms with van der Waals surface area (Å²) in [5.74, 6) is 2.48.